The molecule has 0 bridgehead atoms. The molecule has 0 unspecified atom stereocenters. The Kier molecular flexibility index (Phi) is 3.24. The number of nitrogens with zero attached hydrogens (tertiary/aromatic N) is 1. The van der Waals surface area contributed by atoms with E-state index in [1.807, 2.05) is 6.07 Å². The van der Waals surface area contributed by atoms with Crippen LogP contribution in [0.1, 0.15) is 37.9 Å². The fourth-order valence-corrected chi connectivity index (χ4v) is 1.34. The summed E-state index contributed by atoms with van der Waals surface area (Å²) in [6.45, 7) is 6.24. The molecule has 0 fully saturated rings. The van der Waals surface area contributed by atoms with E-state index in [-0.39, 0.29) is 18.1 Å². The third kappa shape index (κ3) is 2.30. The summed E-state index contributed by atoms with van der Waals surface area (Å²) in [4.78, 5) is 3.97. The van der Waals surface area contributed by atoms with Crippen molar-refractivity contribution in [2.24, 2.45) is 11.1 Å². The van der Waals surface area contributed by atoms with E-state index in [4.69, 9.17) is 10.8 Å². The summed E-state index contributed by atoms with van der Waals surface area (Å²) >= 11 is 0. The first-order valence-electron chi connectivity index (χ1n) is 4.76. The van der Waals surface area contributed by atoms with Gasteiger partial charge in [-0.3, -0.25) is 4.98 Å². The van der Waals surface area contributed by atoms with Gasteiger partial charge in [0.15, 0.2) is 0 Å². The first kappa shape index (κ1) is 11.1. The quantitative estimate of drug-likeness (QED) is 0.752. The number of hydrogen-bond donors (Lipinski definition) is 2. The van der Waals surface area contributed by atoms with Gasteiger partial charge in [-0.25, -0.2) is 0 Å². The van der Waals surface area contributed by atoms with Crippen molar-refractivity contribution in [1.29, 1.82) is 0 Å². The van der Waals surface area contributed by atoms with Crippen molar-refractivity contribution in [3.63, 3.8) is 0 Å². The molecule has 0 aromatic carbocycles. The van der Waals surface area contributed by atoms with Crippen molar-refractivity contribution in [3.8, 4) is 0 Å². The largest absolute Gasteiger partial charge is 0.392 e. The van der Waals surface area contributed by atoms with Crippen molar-refractivity contribution >= 4 is 0 Å². The molecule has 1 atom stereocenters. The Hall–Kier alpha value is -0.930. The molecule has 0 amide bonds. The maximum Gasteiger partial charge on any atom is 0.0700 e. The van der Waals surface area contributed by atoms with Gasteiger partial charge < -0.3 is 10.8 Å². The van der Waals surface area contributed by atoms with E-state index in [9.17, 15) is 0 Å². The molecule has 78 valence electrons. The Morgan fingerprint density at radius 3 is 2.64 bits per heavy atom. The molecule has 3 N–H and O–H groups in total. The zero-order valence-electron chi connectivity index (χ0n) is 8.99. The summed E-state index contributed by atoms with van der Waals surface area (Å²) in [5, 5.41) is 9.14. The van der Waals surface area contributed by atoms with Gasteiger partial charge in [0.25, 0.3) is 0 Å². The van der Waals surface area contributed by atoms with Crippen LogP contribution in [0.5, 0.6) is 0 Å². The van der Waals surface area contributed by atoms with Gasteiger partial charge in [-0.2, -0.15) is 0 Å². The van der Waals surface area contributed by atoms with Gasteiger partial charge >= 0.3 is 0 Å². The van der Waals surface area contributed by atoms with Crippen LogP contribution >= 0.6 is 0 Å². The first-order chi connectivity index (χ1) is 6.46. The highest BCUT2D eigenvalue weighted by atomic mass is 16.3. The minimum Gasteiger partial charge on any atom is -0.392 e. The summed E-state index contributed by atoms with van der Waals surface area (Å²) < 4.78 is 0. The van der Waals surface area contributed by atoms with Gasteiger partial charge in [0.1, 0.15) is 0 Å². The number of aromatic nitrogens is 1. The van der Waals surface area contributed by atoms with Gasteiger partial charge in [0, 0.05) is 24.0 Å². The Morgan fingerprint density at radius 1 is 1.50 bits per heavy atom. The molecule has 0 aliphatic carbocycles. The van der Waals surface area contributed by atoms with Crippen LogP contribution in [0.25, 0.3) is 0 Å². The molecule has 0 aliphatic heterocycles. The second-order valence-electron chi connectivity index (χ2n) is 4.58. The molecule has 0 saturated heterocycles. The van der Waals surface area contributed by atoms with Crippen molar-refractivity contribution < 1.29 is 5.11 Å². The molecule has 1 aromatic rings. The predicted octanol–water partition coefficient (Wildman–Crippen LogP) is 1.62. The van der Waals surface area contributed by atoms with Crippen molar-refractivity contribution in [2.45, 2.75) is 33.4 Å². The number of aliphatic hydroxyl groups excluding tert-OH is 1. The summed E-state index contributed by atoms with van der Waals surface area (Å²) in [6, 6.07) is 1.80. The third-order valence-electron chi connectivity index (χ3n) is 2.38. The summed E-state index contributed by atoms with van der Waals surface area (Å²) in [7, 11) is 0. The molecule has 1 rings (SSSR count). The molecule has 0 saturated carbocycles. The average Bonchev–Trinajstić information content (AvgIpc) is 2.15. The molecule has 1 aromatic heterocycles. The number of hydrogen-bond acceptors (Lipinski definition) is 3. The number of pyridine rings is 1. The average molecular weight is 194 g/mol. The van der Waals surface area contributed by atoms with E-state index in [0.29, 0.717) is 0 Å². The Bertz CT molecular complexity index is 304. The van der Waals surface area contributed by atoms with Crippen molar-refractivity contribution in [1.82, 2.24) is 4.98 Å². The van der Waals surface area contributed by atoms with Gasteiger partial charge in [0.05, 0.1) is 6.61 Å². The summed E-state index contributed by atoms with van der Waals surface area (Å²) in [5.74, 6) is 0. The predicted molar refractivity (Wildman–Crippen MR) is 56.5 cm³/mol. The van der Waals surface area contributed by atoms with Crippen molar-refractivity contribution in [2.75, 3.05) is 0 Å². The van der Waals surface area contributed by atoms with Crippen LogP contribution in [0.3, 0.4) is 0 Å². The minimum absolute atomic E-state index is 0.00699. The van der Waals surface area contributed by atoms with E-state index in [0.717, 1.165) is 11.1 Å². The topological polar surface area (TPSA) is 59.1 Å². The van der Waals surface area contributed by atoms with Crippen LogP contribution in [0, 0.1) is 5.41 Å². The fourth-order valence-electron chi connectivity index (χ4n) is 1.34. The number of rotatable bonds is 2. The van der Waals surface area contributed by atoms with E-state index in [1.165, 1.54) is 0 Å². The molecule has 0 aliphatic rings. The van der Waals surface area contributed by atoms with Crippen LogP contribution in [0.15, 0.2) is 18.5 Å². The van der Waals surface area contributed by atoms with Gasteiger partial charge in [-0.15, -0.1) is 0 Å². The third-order valence-corrected chi connectivity index (χ3v) is 2.38. The van der Waals surface area contributed by atoms with E-state index in [2.05, 4.69) is 25.8 Å². The van der Waals surface area contributed by atoms with Crippen LogP contribution in [-0.2, 0) is 6.61 Å². The summed E-state index contributed by atoms with van der Waals surface area (Å²) in [5.41, 5.74) is 7.90. The second kappa shape index (κ2) is 4.07. The lowest BCUT2D eigenvalue weighted by molar-refractivity contribution is 0.272. The zero-order chi connectivity index (χ0) is 10.8. The SMILES string of the molecule is CC(C)(C)[C@H](N)c1ccncc1CO. The first-order valence-corrected chi connectivity index (χ1v) is 4.76. The standard InChI is InChI=1S/C11H18N2O/c1-11(2,3)10(12)9-4-5-13-6-8(9)7-14/h4-6,10,14H,7,12H2,1-3H3/t10-/m1/s1. The Morgan fingerprint density at radius 2 is 2.14 bits per heavy atom. The molecule has 14 heavy (non-hydrogen) atoms. The molecule has 1 heterocycles. The Balaban J connectivity index is 3.06. The molecule has 3 heteroatoms. The van der Waals surface area contributed by atoms with E-state index >= 15 is 0 Å². The zero-order valence-corrected chi connectivity index (χ0v) is 8.99. The highest BCUT2D eigenvalue weighted by molar-refractivity contribution is 5.27. The van der Waals surface area contributed by atoms with Crippen LogP contribution in [0.2, 0.25) is 0 Å². The maximum absolute atomic E-state index is 9.14. The van der Waals surface area contributed by atoms with Crippen LogP contribution in [-0.4, -0.2) is 10.1 Å². The lowest BCUT2D eigenvalue weighted by Crippen LogP contribution is -2.27. The molecular weight excluding hydrogens is 176 g/mol. The number of aliphatic hydroxyl groups is 1. The lowest BCUT2D eigenvalue weighted by Gasteiger charge is -2.28. The Labute approximate surface area is 85.0 Å². The number of nitrogens with two attached hydrogens (primary N) is 1. The fraction of sp³-hybridized carbons (Fsp3) is 0.545. The van der Waals surface area contributed by atoms with Gasteiger partial charge in [0.2, 0.25) is 0 Å². The van der Waals surface area contributed by atoms with E-state index < -0.39 is 0 Å². The molecular formula is C11H18N2O. The smallest absolute Gasteiger partial charge is 0.0700 e. The highest BCUT2D eigenvalue weighted by Crippen LogP contribution is 2.31. The normalized spacial score (nSPS) is 14.1. The highest BCUT2D eigenvalue weighted by Gasteiger charge is 2.23. The van der Waals surface area contributed by atoms with Gasteiger partial charge in [-0.1, -0.05) is 20.8 Å². The van der Waals surface area contributed by atoms with Crippen molar-refractivity contribution in [3.05, 3.63) is 29.6 Å². The van der Waals surface area contributed by atoms with Crippen LogP contribution in [0.4, 0.5) is 0 Å². The molecule has 3 nitrogen and oxygen atoms in total. The van der Waals surface area contributed by atoms with Crippen LogP contribution < -0.4 is 5.73 Å². The van der Waals surface area contributed by atoms with Gasteiger partial charge in [-0.05, 0) is 17.0 Å². The maximum atomic E-state index is 9.14. The molecule has 0 radical (unpaired) electrons. The van der Waals surface area contributed by atoms with E-state index in [1.54, 1.807) is 12.4 Å². The minimum atomic E-state index is -0.0763. The summed E-state index contributed by atoms with van der Waals surface area (Å²) in [6.07, 6.45) is 3.38. The lowest BCUT2D eigenvalue weighted by atomic mass is 9.82. The monoisotopic (exact) mass is 194 g/mol. The second-order valence-corrected chi connectivity index (χ2v) is 4.58. The molecule has 0 spiro atoms.